The van der Waals surface area contributed by atoms with Crippen molar-refractivity contribution in [3.63, 3.8) is 0 Å². The molecule has 5 aromatic heterocycles. The van der Waals surface area contributed by atoms with Gasteiger partial charge >= 0.3 is 6.18 Å². The average molecular weight is 959 g/mol. The van der Waals surface area contributed by atoms with Crippen molar-refractivity contribution in [1.29, 1.82) is 0 Å². The van der Waals surface area contributed by atoms with Crippen LogP contribution in [0.15, 0.2) is 123 Å². The van der Waals surface area contributed by atoms with E-state index in [2.05, 4.69) is 19.9 Å². The molecule has 20 heteroatoms. The van der Waals surface area contributed by atoms with Crippen LogP contribution in [0.2, 0.25) is 20.1 Å². The molecule has 5 heterocycles. The van der Waals surface area contributed by atoms with Crippen LogP contribution in [0.5, 0.6) is 0 Å². The molecule has 9 aromatic rings. The molecule has 4 aromatic carbocycles. The van der Waals surface area contributed by atoms with Gasteiger partial charge in [-0.3, -0.25) is 18.7 Å². The fourth-order valence-electron chi connectivity index (χ4n) is 6.21. The Bertz CT molecular complexity index is 3220. The Balaban J connectivity index is 0.000000171. The van der Waals surface area contributed by atoms with E-state index >= 15 is 0 Å². The minimum Gasteiger partial charge on any atom is -0.318 e. The molecule has 0 aliphatic heterocycles. The fraction of sp³-hybridized carbons (Fsp3) is 0.122. The summed E-state index contributed by atoms with van der Waals surface area (Å²) < 4.78 is 46.4. The number of hydrogen-bond acceptors (Lipinski definition) is 9. The number of nitrogens with zero attached hydrogens (tertiary/aromatic N) is 8. The Morgan fingerprint density at radius 1 is 0.639 bits per heavy atom. The van der Waals surface area contributed by atoms with Gasteiger partial charge in [-0.2, -0.15) is 13.2 Å². The van der Waals surface area contributed by atoms with Gasteiger partial charge in [0.25, 0.3) is 11.1 Å². The zero-order valence-electron chi connectivity index (χ0n) is 31.5. The Labute approximate surface area is 376 Å². The molecule has 310 valence electrons. The highest BCUT2D eigenvalue weighted by Gasteiger charge is 2.30. The Kier molecular flexibility index (Phi) is 12.3. The first-order valence-corrected chi connectivity index (χ1v) is 22.2. The Morgan fingerprint density at radius 3 is 1.67 bits per heavy atom. The van der Waals surface area contributed by atoms with Gasteiger partial charge in [0.1, 0.15) is 0 Å². The summed E-state index contributed by atoms with van der Waals surface area (Å²) in [5.41, 5.74) is 2.80. The van der Waals surface area contributed by atoms with Gasteiger partial charge < -0.3 is 9.13 Å². The van der Waals surface area contributed by atoms with Crippen molar-refractivity contribution in [1.82, 2.24) is 38.2 Å². The molecule has 0 saturated heterocycles. The Morgan fingerprint density at radius 2 is 1.13 bits per heavy atom. The highest BCUT2D eigenvalue weighted by Crippen LogP contribution is 2.35. The molecule has 0 spiro atoms. The second-order valence-electron chi connectivity index (χ2n) is 13.4. The van der Waals surface area contributed by atoms with Gasteiger partial charge in [0, 0.05) is 50.4 Å². The zero-order valence-corrected chi connectivity index (χ0v) is 37.0. The maximum absolute atomic E-state index is 13.3. The van der Waals surface area contributed by atoms with Crippen molar-refractivity contribution in [3.8, 4) is 11.4 Å². The van der Waals surface area contributed by atoms with Gasteiger partial charge in [0.2, 0.25) is 0 Å². The zero-order chi connectivity index (χ0) is 43.2. The van der Waals surface area contributed by atoms with E-state index in [0.29, 0.717) is 64.4 Å². The molecule has 0 atom stereocenters. The third-order valence-electron chi connectivity index (χ3n) is 9.29. The van der Waals surface area contributed by atoms with Gasteiger partial charge in [-0.15, -0.1) is 11.3 Å². The van der Waals surface area contributed by atoms with E-state index in [4.69, 9.17) is 46.4 Å². The number of fused-ring (bicyclic) bond motifs is 3. The molecular weight excluding hydrogens is 932 g/mol. The van der Waals surface area contributed by atoms with E-state index in [1.54, 1.807) is 81.9 Å². The van der Waals surface area contributed by atoms with E-state index < -0.39 is 17.3 Å². The summed E-state index contributed by atoms with van der Waals surface area (Å²) in [6, 6.07) is 22.5. The number of halogens is 7. The van der Waals surface area contributed by atoms with Crippen LogP contribution in [0.1, 0.15) is 16.7 Å². The highest BCUT2D eigenvalue weighted by molar-refractivity contribution is 7.98. The molecule has 0 aliphatic carbocycles. The first kappa shape index (κ1) is 42.9. The largest absolute Gasteiger partial charge is 0.416 e. The summed E-state index contributed by atoms with van der Waals surface area (Å²) in [5.74, 6) is 1.02. The molecule has 0 bridgehead atoms. The van der Waals surface area contributed by atoms with Gasteiger partial charge in [0.15, 0.2) is 32.6 Å². The van der Waals surface area contributed by atoms with Crippen molar-refractivity contribution >= 4 is 114 Å². The lowest BCUT2D eigenvalue weighted by Crippen LogP contribution is -2.22. The molecule has 0 aliphatic rings. The maximum atomic E-state index is 13.3. The predicted octanol–water partition coefficient (Wildman–Crippen LogP) is 11.7. The minimum absolute atomic E-state index is 0.148. The molecule has 0 N–H and O–H groups in total. The first-order valence-electron chi connectivity index (χ1n) is 17.8. The van der Waals surface area contributed by atoms with E-state index in [9.17, 15) is 22.8 Å². The first-order chi connectivity index (χ1) is 29.2. The number of aryl methyl sites for hydroxylation is 2. The molecule has 0 amide bonds. The van der Waals surface area contributed by atoms with Crippen LogP contribution in [0.3, 0.4) is 0 Å². The number of thioether (sulfide) groups is 2. The van der Waals surface area contributed by atoms with E-state index in [-0.39, 0.29) is 16.8 Å². The second kappa shape index (κ2) is 17.5. The number of thiophene rings is 1. The van der Waals surface area contributed by atoms with Crippen LogP contribution in [0.4, 0.5) is 13.2 Å². The van der Waals surface area contributed by atoms with Crippen LogP contribution in [-0.4, -0.2) is 38.2 Å². The van der Waals surface area contributed by atoms with Crippen molar-refractivity contribution in [2.75, 3.05) is 0 Å². The number of aromatic nitrogens is 8. The van der Waals surface area contributed by atoms with Crippen LogP contribution in [0, 0.1) is 0 Å². The lowest BCUT2D eigenvalue weighted by Gasteiger charge is -2.13. The van der Waals surface area contributed by atoms with Crippen molar-refractivity contribution in [2.45, 2.75) is 28.0 Å². The highest BCUT2D eigenvalue weighted by atomic mass is 35.5. The minimum atomic E-state index is -4.47. The van der Waals surface area contributed by atoms with Crippen molar-refractivity contribution in [2.24, 2.45) is 14.1 Å². The summed E-state index contributed by atoms with van der Waals surface area (Å²) in [6.45, 7) is 0. The number of imidazole rings is 2. The smallest absolute Gasteiger partial charge is 0.318 e. The third kappa shape index (κ3) is 8.94. The lowest BCUT2D eigenvalue weighted by atomic mass is 10.2. The van der Waals surface area contributed by atoms with E-state index in [1.807, 2.05) is 29.6 Å². The monoisotopic (exact) mass is 956 g/mol. The summed E-state index contributed by atoms with van der Waals surface area (Å²) in [7, 11) is 3.53. The third-order valence-corrected chi connectivity index (χ3v) is 13.4. The SMILES string of the molecule is Cn1cnc2c(=O)n(-c3ccc(C(F)(F)F)cc3)c(SCc3csc4ccc(Cl)cc34)nc21.Cn1cnc2c(=O)n(-c3ccc(Cl)cc3)c(SCc3ccc(Cl)cc3Cl)nc21. The quantitative estimate of drug-likeness (QED) is 0.110. The van der Waals surface area contributed by atoms with Crippen LogP contribution < -0.4 is 11.1 Å². The maximum Gasteiger partial charge on any atom is 0.416 e. The molecule has 0 saturated carbocycles. The molecule has 10 nitrogen and oxygen atoms in total. The van der Waals surface area contributed by atoms with Crippen LogP contribution in [-0.2, 0) is 31.8 Å². The summed E-state index contributed by atoms with van der Waals surface area (Å²) in [5, 5.41) is 6.30. The fourth-order valence-corrected chi connectivity index (χ4v) is 10.1. The number of alkyl halides is 3. The summed E-state index contributed by atoms with van der Waals surface area (Å²) in [4.78, 5) is 44.0. The van der Waals surface area contributed by atoms with Gasteiger partial charge in [-0.05, 0) is 101 Å². The number of benzene rings is 4. The molecule has 9 rings (SSSR count). The molecule has 0 radical (unpaired) electrons. The lowest BCUT2D eigenvalue weighted by molar-refractivity contribution is -0.137. The standard InChI is InChI=1S/C22H14ClF3N4OS2.C19H13Cl3N4OS/c1-29-11-27-18-19(29)28-21(33-10-12-9-32-17-7-4-14(23)8-16(12)17)30(20(18)31)15-5-2-13(3-6-15)22(24,25)26;1-25-10-23-16-17(25)24-19(28-9-11-2-3-13(21)8-15(11)22)26(18(16)27)14-6-4-12(20)5-7-14/h2-9,11H,10H2,1H3;2-8,10H,9H2,1H3. The molecule has 61 heavy (non-hydrogen) atoms. The van der Waals surface area contributed by atoms with Crippen LogP contribution >= 0.6 is 81.3 Å². The molecule has 0 fully saturated rings. The number of hydrogen-bond donors (Lipinski definition) is 0. The van der Waals surface area contributed by atoms with Crippen molar-refractivity contribution in [3.05, 3.63) is 160 Å². The molecular formula is C41H27Cl4F3N8O2S3. The summed E-state index contributed by atoms with van der Waals surface area (Å²) >= 11 is 28.7. The van der Waals surface area contributed by atoms with Gasteiger partial charge in [0.05, 0.1) is 29.6 Å². The van der Waals surface area contributed by atoms with Crippen molar-refractivity contribution < 1.29 is 13.2 Å². The van der Waals surface area contributed by atoms with Crippen LogP contribution in [0.25, 0.3) is 43.8 Å². The topological polar surface area (TPSA) is 105 Å². The van der Waals surface area contributed by atoms with Gasteiger partial charge in [-0.1, -0.05) is 76.0 Å². The van der Waals surface area contributed by atoms with E-state index in [1.165, 1.54) is 46.6 Å². The van der Waals surface area contributed by atoms with E-state index in [0.717, 1.165) is 33.3 Å². The Hall–Kier alpha value is -4.81. The normalized spacial score (nSPS) is 11.8. The predicted molar refractivity (Wildman–Crippen MR) is 241 cm³/mol. The second-order valence-corrected chi connectivity index (χ2v) is 17.9. The van der Waals surface area contributed by atoms with Gasteiger partial charge in [-0.25, -0.2) is 19.9 Å². The summed E-state index contributed by atoms with van der Waals surface area (Å²) in [6.07, 6.45) is -1.40. The molecule has 0 unspecified atom stereocenters. The average Bonchev–Trinajstić information content (AvgIpc) is 3.93. The number of rotatable bonds is 8.